The SMILES string of the molecule is COc1ccc(S(=O)(=O)NC(CCC(=O)O)(C(=O)OCc2ccccc2)C(C)C)cc1. The van der Waals surface area contributed by atoms with E-state index in [4.69, 9.17) is 9.47 Å². The number of ether oxygens (including phenoxy) is 2. The van der Waals surface area contributed by atoms with E-state index in [1.807, 2.05) is 6.07 Å². The van der Waals surface area contributed by atoms with Gasteiger partial charge in [0, 0.05) is 6.42 Å². The average molecular weight is 450 g/mol. The molecule has 2 aromatic rings. The monoisotopic (exact) mass is 449 g/mol. The Bertz CT molecular complexity index is 988. The van der Waals surface area contributed by atoms with Gasteiger partial charge in [0.2, 0.25) is 10.0 Å². The molecule has 0 aliphatic carbocycles. The highest BCUT2D eigenvalue weighted by Crippen LogP contribution is 2.29. The molecule has 0 aliphatic rings. The third kappa shape index (κ3) is 6.28. The van der Waals surface area contributed by atoms with Gasteiger partial charge in [-0.05, 0) is 42.2 Å². The Morgan fingerprint density at radius 3 is 2.19 bits per heavy atom. The van der Waals surface area contributed by atoms with Gasteiger partial charge in [0.25, 0.3) is 0 Å². The standard InChI is InChI=1S/C22H27NO7S/c1-16(2)22(14-13-20(24)25,21(26)30-15-17-7-5-4-6-8-17)23-31(27,28)19-11-9-18(29-3)10-12-19/h4-12,16,23H,13-15H2,1-3H3,(H,24,25). The summed E-state index contributed by atoms with van der Waals surface area (Å²) in [5.74, 6) is -2.08. The Labute approximate surface area is 182 Å². The average Bonchev–Trinajstić information content (AvgIpc) is 2.75. The minimum atomic E-state index is -4.16. The number of esters is 1. The van der Waals surface area contributed by atoms with Gasteiger partial charge >= 0.3 is 11.9 Å². The number of carboxylic acids is 1. The normalized spacial score (nSPS) is 13.4. The van der Waals surface area contributed by atoms with Crippen LogP contribution in [0.5, 0.6) is 5.75 Å². The molecule has 2 aromatic carbocycles. The highest BCUT2D eigenvalue weighted by molar-refractivity contribution is 7.89. The fourth-order valence-corrected chi connectivity index (χ4v) is 4.56. The van der Waals surface area contributed by atoms with Crippen molar-refractivity contribution >= 4 is 22.0 Å². The molecule has 0 saturated heterocycles. The molecule has 2 N–H and O–H groups in total. The van der Waals surface area contributed by atoms with Crippen molar-refractivity contribution in [2.24, 2.45) is 5.92 Å². The number of hydrogen-bond acceptors (Lipinski definition) is 6. The number of nitrogens with one attached hydrogen (secondary N) is 1. The second-order valence-electron chi connectivity index (χ2n) is 7.36. The highest BCUT2D eigenvalue weighted by atomic mass is 32.2. The summed E-state index contributed by atoms with van der Waals surface area (Å²) in [4.78, 5) is 24.3. The zero-order valence-corrected chi connectivity index (χ0v) is 18.5. The first-order chi connectivity index (χ1) is 14.6. The lowest BCUT2D eigenvalue weighted by molar-refractivity contribution is -0.155. The number of methoxy groups -OCH3 is 1. The molecule has 1 unspecified atom stereocenters. The largest absolute Gasteiger partial charge is 0.497 e. The van der Waals surface area contributed by atoms with Gasteiger partial charge in [0.1, 0.15) is 17.9 Å². The van der Waals surface area contributed by atoms with Crippen molar-refractivity contribution in [2.75, 3.05) is 7.11 Å². The Morgan fingerprint density at radius 2 is 1.68 bits per heavy atom. The molecule has 9 heteroatoms. The number of hydrogen-bond donors (Lipinski definition) is 2. The molecule has 2 rings (SSSR count). The van der Waals surface area contributed by atoms with Crippen LogP contribution >= 0.6 is 0 Å². The Morgan fingerprint density at radius 1 is 1.06 bits per heavy atom. The van der Waals surface area contributed by atoms with E-state index >= 15 is 0 Å². The van der Waals surface area contributed by atoms with Crippen LogP contribution in [0.2, 0.25) is 0 Å². The van der Waals surface area contributed by atoms with Crippen molar-refractivity contribution < 1.29 is 32.6 Å². The van der Waals surface area contributed by atoms with Gasteiger partial charge in [0.05, 0.1) is 12.0 Å². The molecule has 0 heterocycles. The lowest BCUT2D eigenvalue weighted by atomic mass is 9.83. The van der Waals surface area contributed by atoms with Crippen molar-refractivity contribution in [3.63, 3.8) is 0 Å². The van der Waals surface area contributed by atoms with Gasteiger partial charge in [0.15, 0.2) is 0 Å². The maximum atomic E-state index is 13.1. The first-order valence-corrected chi connectivity index (χ1v) is 11.2. The molecule has 0 amide bonds. The fraction of sp³-hybridized carbons (Fsp3) is 0.364. The summed E-state index contributed by atoms with van der Waals surface area (Å²) in [6, 6.07) is 14.6. The maximum absolute atomic E-state index is 13.1. The van der Waals surface area contributed by atoms with E-state index in [1.165, 1.54) is 31.4 Å². The van der Waals surface area contributed by atoms with Crippen LogP contribution < -0.4 is 9.46 Å². The molecule has 0 aromatic heterocycles. The molecule has 0 fully saturated rings. The van der Waals surface area contributed by atoms with Crippen molar-refractivity contribution in [1.82, 2.24) is 4.72 Å². The van der Waals surface area contributed by atoms with E-state index in [0.717, 1.165) is 5.56 Å². The number of benzene rings is 2. The lowest BCUT2D eigenvalue weighted by Gasteiger charge is -2.35. The van der Waals surface area contributed by atoms with Crippen LogP contribution in [0.4, 0.5) is 0 Å². The zero-order chi connectivity index (χ0) is 23.1. The topological polar surface area (TPSA) is 119 Å². The summed E-state index contributed by atoms with van der Waals surface area (Å²) < 4.78 is 39.1. The summed E-state index contributed by atoms with van der Waals surface area (Å²) in [5, 5.41) is 9.18. The van der Waals surface area contributed by atoms with Crippen LogP contribution in [-0.2, 0) is 31.0 Å². The number of sulfonamides is 1. The summed E-state index contributed by atoms with van der Waals surface area (Å²) in [6.07, 6.45) is -0.674. The van der Waals surface area contributed by atoms with Crippen LogP contribution in [0.1, 0.15) is 32.3 Å². The second-order valence-corrected chi connectivity index (χ2v) is 9.04. The summed E-state index contributed by atoms with van der Waals surface area (Å²) in [6.45, 7) is 3.22. The van der Waals surface area contributed by atoms with Gasteiger partial charge in [-0.3, -0.25) is 4.79 Å². The summed E-state index contributed by atoms with van der Waals surface area (Å²) in [7, 11) is -2.70. The Balaban J connectivity index is 2.36. The van der Waals surface area contributed by atoms with Crippen LogP contribution in [-0.4, -0.2) is 38.1 Å². The number of aliphatic carboxylic acids is 1. The number of carbonyl (C=O) groups excluding carboxylic acids is 1. The van der Waals surface area contributed by atoms with E-state index in [9.17, 15) is 23.1 Å². The van der Waals surface area contributed by atoms with E-state index in [2.05, 4.69) is 4.72 Å². The van der Waals surface area contributed by atoms with Crippen molar-refractivity contribution in [3.05, 3.63) is 60.2 Å². The molecule has 31 heavy (non-hydrogen) atoms. The highest BCUT2D eigenvalue weighted by Gasteiger charge is 2.46. The molecule has 8 nitrogen and oxygen atoms in total. The quantitative estimate of drug-likeness (QED) is 0.506. The lowest BCUT2D eigenvalue weighted by Crippen LogP contribution is -2.58. The van der Waals surface area contributed by atoms with Crippen LogP contribution in [0.15, 0.2) is 59.5 Å². The number of rotatable bonds is 11. The molecule has 168 valence electrons. The third-order valence-corrected chi connectivity index (χ3v) is 6.51. The molecular weight excluding hydrogens is 422 g/mol. The van der Waals surface area contributed by atoms with Crippen molar-refractivity contribution in [2.45, 2.75) is 43.7 Å². The van der Waals surface area contributed by atoms with E-state index in [1.54, 1.807) is 38.1 Å². The Hall–Kier alpha value is -2.91. The molecule has 0 bridgehead atoms. The van der Waals surface area contributed by atoms with E-state index < -0.39 is 39.8 Å². The predicted molar refractivity (Wildman–Crippen MR) is 114 cm³/mol. The summed E-state index contributed by atoms with van der Waals surface area (Å²) >= 11 is 0. The fourth-order valence-electron chi connectivity index (χ4n) is 3.05. The predicted octanol–water partition coefficient (Wildman–Crippen LogP) is 2.98. The first kappa shape index (κ1) is 24.4. The van der Waals surface area contributed by atoms with E-state index in [0.29, 0.717) is 5.75 Å². The zero-order valence-electron chi connectivity index (χ0n) is 17.7. The maximum Gasteiger partial charge on any atom is 0.327 e. The second kappa shape index (κ2) is 10.4. The van der Waals surface area contributed by atoms with Crippen LogP contribution in [0, 0.1) is 5.92 Å². The third-order valence-electron chi connectivity index (χ3n) is 4.98. The van der Waals surface area contributed by atoms with Crippen molar-refractivity contribution in [1.29, 1.82) is 0 Å². The van der Waals surface area contributed by atoms with E-state index in [-0.39, 0.29) is 17.9 Å². The molecule has 0 spiro atoms. The van der Waals surface area contributed by atoms with Crippen LogP contribution in [0.3, 0.4) is 0 Å². The van der Waals surface area contributed by atoms with Gasteiger partial charge in [-0.2, -0.15) is 4.72 Å². The van der Waals surface area contributed by atoms with Gasteiger partial charge < -0.3 is 14.6 Å². The minimum absolute atomic E-state index is 0.0640. The Kier molecular flexibility index (Phi) is 8.18. The van der Waals surface area contributed by atoms with Gasteiger partial charge in [-0.1, -0.05) is 44.2 Å². The molecule has 0 radical (unpaired) electrons. The molecule has 1 atom stereocenters. The molecular formula is C22H27NO7S. The van der Waals surface area contributed by atoms with Crippen LogP contribution in [0.25, 0.3) is 0 Å². The molecule has 0 saturated carbocycles. The van der Waals surface area contributed by atoms with Crippen molar-refractivity contribution in [3.8, 4) is 5.75 Å². The minimum Gasteiger partial charge on any atom is -0.497 e. The first-order valence-electron chi connectivity index (χ1n) is 9.71. The number of carbonyl (C=O) groups is 2. The number of carboxylic acid groups (broad SMARTS) is 1. The smallest absolute Gasteiger partial charge is 0.327 e. The van der Waals surface area contributed by atoms with Gasteiger partial charge in [-0.25, -0.2) is 13.2 Å². The molecule has 0 aliphatic heterocycles. The summed E-state index contributed by atoms with van der Waals surface area (Å²) in [5.41, 5.74) is -1.03. The van der Waals surface area contributed by atoms with Gasteiger partial charge in [-0.15, -0.1) is 0 Å².